The molecule has 1 atom stereocenters. The van der Waals surface area contributed by atoms with Crippen molar-refractivity contribution in [2.24, 2.45) is 0 Å². The topological polar surface area (TPSA) is 0 Å². The number of hydrogen-bond donors (Lipinski definition) is 0. The quantitative estimate of drug-likeness (QED) is 0.321. The van der Waals surface area contributed by atoms with Gasteiger partial charge in [0.25, 0.3) is 0 Å². The van der Waals surface area contributed by atoms with Crippen LogP contribution in [0.1, 0.15) is 32.6 Å². The van der Waals surface area contributed by atoms with Gasteiger partial charge in [0, 0.05) is 0 Å². The Morgan fingerprint density at radius 3 is 1.26 bits per heavy atom. The Labute approximate surface area is 175 Å². The Kier molecular flexibility index (Phi) is 10.9. The molecular formula is C24H33ClP2. The molecule has 0 aliphatic carbocycles. The van der Waals surface area contributed by atoms with Crippen molar-refractivity contribution in [1.82, 2.24) is 0 Å². The fourth-order valence-electron chi connectivity index (χ4n) is 3.92. The summed E-state index contributed by atoms with van der Waals surface area (Å²) in [7, 11) is -1.97. The van der Waals surface area contributed by atoms with Gasteiger partial charge in [-0.3, -0.25) is 0 Å². The Hall–Kier alpha value is -1.19. The summed E-state index contributed by atoms with van der Waals surface area (Å²) < 4.78 is 0. The molecule has 0 N–H and O–H groups in total. The molecule has 0 saturated heterocycles. The molecule has 3 aromatic carbocycles. The van der Waals surface area contributed by atoms with Crippen molar-refractivity contribution < 1.29 is 0 Å². The fraction of sp³-hybridized carbons (Fsp3) is 0.250. The van der Waals surface area contributed by atoms with Crippen LogP contribution in [0, 0.1) is 0 Å². The third-order valence-electron chi connectivity index (χ3n) is 5.21. The van der Waals surface area contributed by atoms with Crippen LogP contribution in [0.25, 0.3) is 0 Å². The molecular weight excluding hydrogens is 386 g/mol. The Bertz CT molecular complexity index is 648. The molecule has 0 aliphatic rings. The van der Waals surface area contributed by atoms with Crippen LogP contribution in [-0.4, -0.2) is 6.16 Å². The van der Waals surface area contributed by atoms with Crippen molar-refractivity contribution in [2.75, 3.05) is 6.16 Å². The van der Waals surface area contributed by atoms with Gasteiger partial charge in [0.15, 0.2) is 0 Å². The monoisotopic (exact) mass is 418 g/mol. The van der Waals surface area contributed by atoms with Crippen molar-refractivity contribution >= 4 is 45.5 Å². The average Bonchev–Trinajstić information content (AvgIpc) is 2.70. The van der Waals surface area contributed by atoms with Gasteiger partial charge in [0.2, 0.25) is 0 Å². The largest absolute Gasteiger partial charge is 0.153 e. The van der Waals surface area contributed by atoms with Gasteiger partial charge in [0.1, 0.15) is 0 Å². The van der Waals surface area contributed by atoms with Crippen LogP contribution in [0.4, 0.5) is 0 Å². The zero-order valence-corrected chi connectivity index (χ0v) is 19.5. The summed E-state index contributed by atoms with van der Waals surface area (Å²) in [6.45, 7) is 2.29. The maximum Gasteiger partial charge on any atom is -0.147 e. The van der Waals surface area contributed by atoms with E-state index in [4.69, 9.17) is 0 Å². The van der Waals surface area contributed by atoms with Gasteiger partial charge < -0.3 is 0 Å². The number of unbranched alkanes of at least 4 members (excludes halogenated alkanes) is 3. The third-order valence-corrected chi connectivity index (χ3v) is 10.3. The molecule has 3 heteroatoms. The molecule has 3 aromatic rings. The molecule has 0 aliphatic heterocycles. The van der Waals surface area contributed by atoms with Crippen LogP contribution in [0.2, 0.25) is 0 Å². The van der Waals surface area contributed by atoms with Gasteiger partial charge in [-0.2, -0.15) is 9.90 Å². The van der Waals surface area contributed by atoms with E-state index in [2.05, 4.69) is 97.9 Å². The first-order chi connectivity index (χ1) is 12.4. The van der Waals surface area contributed by atoms with E-state index in [0.717, 1.165) is 0 Å². The summed E-state index contributed by atoms with van der Waals surface area (Å²) in [6.07, 6.45) is 6.54. The van der Waals surface area contributed by atoms with E-state index in [0.29, 0.717) is 0 Å². The molecule has 0 bridgehead atoms. The molecule has 27 heavy (non-hydrogen) atoms. The number of hydrogen-bond acceptors (Lipinski definition) is 0. The molecule has 0 spiro atoms. The van der Waals surface area contributed by atoms with Crippen LogP contribution < -0.4 is 15.9 Å². The zero-order valence-electron chi connectivity index (χ0n) is 16.3. The van der Waals surface area contributed by atoms with Crippen LogP contribution in [0.3, 0.4) is 0 Å². The molecule has 0 saturated carbocycles. The normalized spacial score (nSPS) is 11.1. The minimum Gasteiger partial charge on any atom is -0.153 e. The third kappa shape index (κ3) is 5.65. The molecule has 0 aromatic heterocycles. The van der Waals surface area contributed by atoms with Crippen LogP contribution in [0.15, 0.2) is 91.0 Å². The van der Waals surface area contributed by atoms with Gasteiger partial charge in [-0.25, -0.2) is 0 Å². The Morgan fingerprint density at radius 2 is 0.926 bits per heavy atom. The summed E-state index contributed by atoms with van der Waals surface area (Å²) in [6, 6.07) is 33.7. The van der Waals surface area contributed by atoms with Gasteiger partial charge >= 0.3 is 153 Å². The van der Waals surface area contributed by atoms with Crippen LogP contribution >= 0.6 is 29.6 Å². The second-order valence-electron chi connectivity index (χ2n) is 6.81. The predicted octanol–water partition coefficient (Wildman–Crippen LogP) is 5.77. The van der Waals surface area contributed by atoms with E-state index in [1.165, 1.54) is 47.8 Å². The molecule has 0 radical (unpaired) electrons. The van der Waals surface area contributed by atoms with Crippen molar-refractivity contribution in [3.8, 4) is 0 Å². The first kappa shape index (κ1) is 23.8. The van der Waals surface area contributed by atoms with Crippen molar-refractivity contribution in [3.05, 3.63) is 91.0 Å². The van der Waals surface area contributed by atoms with Crippen LogP contribution in [-0.2, 0) is 0 Å². The molecule has 1 unspecified atom stereocenters. The Balaban J connectivity index is 0.00000182. The smallest absolute Gasteiger partial charge is 0.147 e. The second-order valence-corrected chi connectivity index (χ2v) is 10.9. The van der Waals surface area contributed by atoms with Gasteiger partial charge in [0.05, 0.1) is 0 Å². The number of halogens is 1. The number of benzene rings is 3. The first-order valence-corrected chi connectivity index (χ1v) is 11.7. The van der Waals surface area contributed by atoms with Gasteiger partial charge in [-0.05, 0) is 0 Å². The van der Waals surface area contributed by atoms with Crippen molar-refractivity contribution in [1.29, 1.82) is 0 Å². The van der Waals surface area contributed by atoms with E-state index in [1.54, 1.807) is 0 Å². The average molecular weight is 419 g/mol. The summed E-state index contributed by atoms with van der Waals surface area (Å²) >= 11 is 0. The van der Waals surface area contributed by atoms with Crippen LogP contribution in [0.5, 0.6) is 0 Å². The fourth-order valence-corrected chi connectivity index (χ4v) is 8.85. The van der Waals surface area contributed by atoms with E-state index in [9.17, 15) is 0 Å². The molecule has 0 fully saturated rings. The summed E-state index contributed by atoms with van der Waals surface area (Å²) in [4.78, 5) is 0. The van der Waals surface area contributed by atoms with E-state index in [-0.39, 0.29) is 22.3 Å². The number of rotatable bonds is 8. The summed E-state index contributed by atoms with van der Waals surface area (Å²) in [5, 5.41) is 4.59. The van der Waals surface area contributed by atoms with Crippen molar-refractivity contribution in [3.63, 3.8) is 0 Å². The SMILES string of the molecule is CCCCCC[PH](c1ccccc1)(c1ccccc1)c1ccccc1.Cl.P. The second kappa shape index (κ2) is 12.3. The standard InChI is InChI=1S/C24H29P.ClH.H3P/c1-2-3-4-14-21-25(22-15-8-5-9-16-22,23-17-10-6-11-18-23)24-19-12-7-13-20-24;;/h5-13,15-20,25H,2-4,14,21H2,1H3;1H;1H3. The maximum absolute atomic E-state index is 2.35. The molecule has 146 valence electrons. The minimum absolute atomic E-state index is 0. The van der Waals surface area contributed by atoms with Crippen molar-refractivity contribution in [2.45, 2.75) is 32.6 Å². The molecule has 0 heterocycles. The van der Waals surface area contributed by atoms with Gasteiger partial charge in [-0.15, -0.1) is 12.4 Å². The molecule has 0 amide bonds. The molecule has 0 nitrogen and oxygen atoms in total. The summed E-state index contributed by atoms with van der Waals surface area (Å²) in [5.74, 6) is 0. The van der Waals surface area contributed by atoms with E-state index < -0.39 is 7.26 Å². The van der Waals surface area contributed by atoms with E-state index in [1.807, 2.05) is 0 Å². The Morgan fingerprint density at radius 1 is 0.556 bits per heavy atom. The minimum atomic E-state index is -1.97. The predicted molar refractivity (Wildman–Crippen MR) is 134 cm³/mol. The molecule has 3 rings (SSSR count). The maximum atomic E-state index is 2.35. The zero-order chi connectivity index (χ0) is 17.4. The van der Waals surface area contributed by atoms with E-state index >= 15 is 0 Å². The van der Waals surface area contributed by atoms with Gasteiger partial charge in [-0.1, -0.05) is 0 Å². The first-order valence-electron chi connectivity index (χ1n) is 9.54. The summed E-state index contributed by atoms with van der Waals surface area (Å²) in [5.41, 5.74) is 0.